The summed E-state index contributed by atoms with van der Waals surface area (Å²) in [5.74, 6) is 0.640. The smallest absolute Gasteiger partial charge is 0.337 e. The van der Waals surface area contributed by atoms with Crippen LogP contribution in [0.25, 0.3) is 0 Å². The van der Waals surface area contributed by atoms with Gasteiger partial charge in [-0.15, -0.1) is 0 Å². The molecular formula is C16H17ClN2O4S. The fraction of sp³-hybridized carbons (Fsp3) is 0.375. The molecule has 0 amide bonds. The summed E-state index contributed by atoms with van der Waals surface area (Å²) in [7, 11) is 1.34. The van der Waals surface area contributed by atoms with Gasteiger partial charge >= 0.3 is 5.97 Å². The van der Waals surface area contributed by atoms with E-state index in [-0.39, 0.29) is 0 Å². The number of carbonyl (C=O) groups excluding carboxylic acids is 1. The second-order valence-corrected chi connectivity index (χ2v) is 6.26. The topological polar surface area (TPSA) is 68.8 Å². The van der Waals surface area contributed by atoms with Crippen LogP contribution in [-0.2, 0) is 9.53 Å². The molecule has 0 saturated carbocycles. The van der Waals surface area contributed by atoms with E-state index in [1.165, 1.54) is 7.11 Å². The lowest BCUT2D eigenvalue weighted by molar-refractivity contribution is -0.136. The van der Waals surface area contributed by atoms with Crippen LogP contribution in [0.4, 0.5) is 0 Å². The number of esters is 1. The van der Waals surface area contributed by atoms with Crippen molar-refractivity contribution in [1.82, 2.24) is 10.6 Å². The molecule has 2 N–H and O–H groups in total. The third-order valence-corrected chi connectivity index (χ3v) is 4.33. The normalized spacial score (nSPS) is 20.0. The third kappa shape index (κ3) is 3.14. The second kappa shape index (κ2) is 6.86. The molecule has 24 heavy (non-hydrogen) atoms. The zero-order chi connectivity index (χ0) is 17.3. The van der Waals surface area contributed by atoms with Gasteiger partial charge in [-0.1, -0.05) is 11.6 Å². The van der Waals surface area contributed by atoms with Crippen LogP contribution in [0.5, 0.6) is 11.5 Å². The highest BCUT2D eigenvalue weighted by atomic mass is 35.5. The number of methoxy groups -OCH3 is 1. The molecule has 0 spiro atoms. The maximum Gasteiger partial charge on any atom is 0.337 e. The van der Waals surface area contributed by atoms with Crippen molar-refractivity contribution >= 4 is 34.9 Å². The Morgan fingerprint density at radius 2 is 2.12 bits per heavy atom. The Morgan fingerprint density at radius 1 is 1.38 bits per heavy atom. The molecular weight excluding hydrogens is 352 g/mol. The molecule has 8 heteroatoms. The van der Waals surface area contributed by atoms with Gasteiger partial charge in [-0.05, 0) is 36.8 Å². The fourth-order valence-corrected chi connectivity index (χ4v) is 3.29. The molecule has 1 aromatic carbocycles. The number of hydrogen-bond donors (Lipinski definition) is 2. The van der Waals surface area contributed by atoms with Crippen LogP contribution in [0.15, 0.2) is 23.4 Å². The van der Waals surface area contributed by atoms with Gasteiger partial charge in [0.1, 0.15) is 0 Å². The van der Waals surface area contributed by atoms with E-state index >= 15 is 0 Å². The molecule has 2 aliphatic heterocycles. The molecule has 2 aliphatic rings. The largest absolute Gasteiger partial charge is 0.489 e. The van der Waals surface area contributed by atoms with Crippen LogP contribution in [0.1, 0.15) is 24.9 Å². The predicted octanol–water partition coefficient (Wildman–Crippen LogP) is 2.47. The summed E-state index contributed by atoms with van der Waals surface area (Å²) in [6.07, 6.45) is 0.780. The van der Waals surface area contributed by atoms with E-state index in [0.29, 0.717) is 46.1 Å². The van der Waals surface area contributed by atoms with E-state index in [1.807, 2.05) is 6.07 Å². The van der Waals surface area contributed by atoms with E-state index in [2.05, 4.69) is 10.6 Å². The number of allylic oxidation sites excluding steroid dienone is 1. The Morgan fingerprint density at radius 3 is 2.88 bits per heavy atom. The summed E-state index contributed by atoms with van der Waals surface area (Å²) >= 11 is 11.6. The summed E-state index contributed by atoms with van der Waals surface area (Å²) in [6.45, 7) is 2.87. The Labute approximate surface area is 150 Å². The third-order valence-electron chi connectivity index (χ3n) is 3.83. The SMILES string of the molecule is COC(=O)C1=C(C)NC(=S)N[C@@H]1c1cc(Cl)c2c(c1)OCCCO2. The lowest BCUT2D eigenvalue weighted by Crippen LogP contribution is -2.45. The van der Waals surface area contributed by atoms with Crippen LogP contribution >= 0.6 is 23.8 Å². The Hall–Kier alpha value is -1.99. The van der Waals surface area contributed by atoms with Crippen LogP contribution in [0.2, 0.25) is 5.02 Å². The van der Waals surface area contributed by atoms with Gasteiger partial charge in [0.25, 0.3) is 0 Å². The highest BCUT2D eigenvalue weighted by Gasteiger charge is 2.32. The predicted molar refractivity (Wildman–Crippen MR) is 93.4 cm³/mol. The Balaban J connectivity index is 2.07. The minimum atomic E-state index is -0.485. The maximum absolute atomic E-state index is 12.2. The lowest BCUT2D eigenvalue weighted by atomic mass is 9.95. The number of fused-ring (bicyclic) bond motifs is 1. The fourth-order valence-electron chi connectivity index (χ4n) is 2.74. The molecule has 0 aromatic heterocycles. The molecule has 1 atom stereocenters. The first-order valence-corrected chi connectivity index (χ1v) is 8.25. The summed E-state index contributed by atoms with van der Waals surface area (Å²) in [5, 5.41) is 6.88. The van der Waals surface area contributed by atoms with Crippen molar-refractivity contribution in [2.75, 3.05) is 20.3 Å². The van der Waals surface area contributed by atoms with Crippen LogP contribution in [0, 0.1) is 0 Å². The molecule has 1 aromatic rings. The highest BCUT2D eigenvalue weighted by molar-refractivity contribution is 7.80. The van der Waals surface area contributed by atoms with Crippen molar-refractivity contribution in [3.8, 4) is 11.5 Å². The number of halogens is 1. The van der Waals surface area contributed by atoms with Crippen LogP contribution in [0.3, 0.4) is 0 Å². The summed E-state index contributed by atoms with van der Waals surface area (Å²) < 4.78 is 16.3. The number of benzene rings is 1. The molecule has 6 nitrogen and oxygen atoms in total. The van der Waals surface area contributed by atoms with Crippen molar-refractivity contribution in [3.05, 3.63) is 34.0 Å². The second-order valence-electron chi connectivity index (χ2n) is 5.44. The number of thiocarbonyl (C=S) groups is 1. The Bertz CT molecular complexity index is 735. The number of ether oxygens (including phenoxy) is 3. The zero-order valence-corrected chi connectivity index (χ0v) is 14.8. The number of rotatable bonds is 2. The summed E-state index contributed by atoms with van der Waals surface area (Å²) in [5.41, 5.74) is 1.82. The maximum atomic E-state index is 12.2. The molecule has 2 heterocycles. The van der Waals surface area contributed by atoms with Gasteiger partial charge in [-0.25, -0.2) is 4.79 Å². The zero-order valence-electron chi connectivity index (χ0n) is 13.3. The van der Waals surface area contributed by atoms with Gasteiger partial charge in [-0.3, -0.25) is 0 Å². The standard InChI is InChI=1S/C16H17ClN2O4S/c1-8-12(15(20)21-2)13(19-16(24)18-8)9-6-10(17)14-11(7-9)22-4-3-5-23-14/h6-7,13H,3-5H2,1-2H3,(H2,18,19,24)/t13-/m1/s1. The van der Waals surface area contributed by atoms with Crippen molar-refractivity contribution in [1.29, 1.82) is 0 Å². The monoisotopic (exact) mass is 368 g/mol. The molecule has 128 valence electrons. The van der Waals surface area contributed by atoms with Crippen molar-refractivity contribution in [3.63, 3.8) is 0 Å². The van der Waals surface area contributed by atoms with E-state index in [1.54, 1.807) is 13.0 Å². The molecule has 0 aliphatic carbocycles. The summed E-state index contributed by atoms with van der Waals surface area (Å²) in [4.78, 5) is 12.2. The first-order valence-electron chi connectivity index (χ1n) is 7.47. The van der Waals surface area contributed by atoms with Gasteiger partial charge in [0.05, 0.1) is 37.0 Å². The Kier molecular flexibility index (Phi) is 4.82. The van der Waals surface area contributed by atoms with Crippen LogP contribution < -0.4 is 20.1 Å². The van der Waals surface area contributed by atoms with E-state index in [4.69, 9.17) is 38.0 Å². The minimum absolute atomic E-state index is 0.424. The minimum Gasteiger partial charge on any atom is -0.489 e. The van der Waals surface area contributed by atoms with Gasteiger partial charge in [0.15, 0.2) is 16.6 Å². The average molecular weight is 369 g/mol. The molecule has 0 saturated heterocycles. The molecule has 0 radical (unpaired) electrons. The van der Waals surface area contributed by atoms with E-state index in [9.17, 15) is 4.79 Å². The molecule has 0 bridgehead atoms. The number of nitrogens with one attached hydrogen (secondary N) is 2. The van der Waals surface area contributed by atoms with Crippen molar-refractivity contribution in [2.45, 2.75) is 19.4 Å². The average Bonchev–Trinajstić information content (AvgIpc) is 2.79. The summed E-state index contributed by atoms with van der Waals surface area (Å²) in [6, 6.07) is 3.08. The lowest BCUT2D eigenvalue weighted by Gasteiger charge is -2.30. The molecule has 0 fully saturated rings. The first-order chi connectivity index (χ1) is 11.5. The van der Waals surface area contributed by atoms with Crippen molar-refractivity contribution in [2.24, 2.45) is 0 Å². The van der Waals surface area contributed by atoms with Gasteiger partial charge in [0, 0.05) is 12.1 Å². The van der Waals surface area contributed by atoms with E-state index in [0.717, 1.165) is 12.0 Å². The number of hydrogen-bond acceptors (Lipinski definition) is 5. The molecule has 3 rings (SSSR count). The quantitative estimate of drug-likeness (QED) is 0.614. The first kappa shape index (κ1) is 16.9. The van der Waals surface area contributed by atoms with Gasteiger partial charge < -0.3 is 24.8 Å². The highest BCUT2D eigenvalue weighted by Crippen LogP contribution is 2.41. The molecule has 0 unspecified atom stereocenters. The van der Waals surface area contributed by atoms with Crippen LogP contribution in [-0.4, -0.2) is 31.4 Å². The van der Waals surface area contributed by atoms with Gasteiger partial charge in [0.2, 0.25) is 0 Å². The van der Waals surface area contributed by atoms with Gasteiger partial charge in [-0.2, -0.15) is 0 Å². The van der Waals surface area contributed by atoms with E-state index < -0.39 is 12.0 Å². The number of carbonyl (C=O) groups is 1. The van der Waals surface area contributed by atoms with Crippen molar-refractivity contribution < 1.29 is 19.0 Å².